The van der Waals surface area contributed by atoms with Gasteiger partial charge in [-0.1, -0.05) is 62.7 Å². The first-order valence-corrected chi connectivity index (χ1v) is 21.3. The van der Waals surface area contributed by atoms with Gasteiger partial charge in [0.1, 0.15) is 54.0 Å². The van der Waals surface area contributed by atoms with Crippen LogP contribution in [0.25, 0.3) is 22.4 Å². The summed E-state index contributed by atoms with van der Waals surface area (Å²) >= 11 is 6.64. The molecule has 0 fully saturated rings. The number of carboxylic acid groups (broad SMARTS) is 1. The molecule has 5 rings (SSSR count). The van der Waals surface area contributed by atoms with E-state index in [9.17, 15) is 39.3 Å². The van der Waals surface area contributed by atoms with Crippen molar-refractivity contribution in [3.05, 3.63) is 87.9 Å². The van der Waals surface area contributed by atoms with Gasteiger partial charge in [-0.25, -0.2) is 9.78 Å². The number of aliphatic hydroxyl groups is 1. The summed E-state index contributed by atoms with van der Waals surface area (Å²) in [6.07, 6.45) is -0.899. The SMILES string of the molecule is C[C@@H]1NC(=O)[C@@H](N(C)C(=O)[C@H](C)NC(=O)c2c(Cl)cc(-c3ccc(C(C)(C)C)cc3)nc2N)c2cc(OC[C@H](O)CN)c(O)c(c2)-c2cc(ccc2OCCCN)C[C@@H](C(=O)O)NC1=O. The summed E-state index contributed by atoms with van der Waals surface area (Å²) in [4.78, 5) is 74.0. The molecule has 19 heteroatoms. The topological polar surface area (TPSA) is 295 Å². The maximum atomic E-state index is 14.5. The Morgan fingerprint density at radius 2 is 1.68 bits per heavy atom. The molecule has 0 unspecified atom stereocenters. The Kier molecular flexibility index (Phi) is 16.0. The lowest BCUT2D eigenvalue weighted by atomic mass is 9.86. The van der Waals surface area contributed by atoms with Gasteiger partial charge in [0.25, 0.3) is 5.91 Å². The number of hydrogen-bond acceptors (Lipinski definition) is 13. The standard InChI is InChI=1S/C46H57ClN8O10/c1-23-41(58)54-34(45(62)63)17-25-8-13-35(64-15-7-14-48)30(16-25)31-18-27(19-36(39(31)57)65-22-29(56)21-49)38(43(60)51-23)55(6)44(61)24(2)52-42(59)37-32(47)20-33(53-40(37)50)26-9-11-28(12-10-26)46(3,4)5/h8-13,16,18-20,23-24,29,34,38,56-57H,7,14-15,17,21-22,48-49H2,1-6H3,(H2,50,53)(H,51,60)(H,52,59)(H,54,58)(H,62,63)/t23-,24-,29+,34-,38-/m0/s1. The molecule has 4 bridgehead atoms. The third kappa shape index (κ3) is 11.8. The highest BCUT2D eigenvalue weighted by Gasteiger charge is 2.36. The lowest BCUT2D eigenvalue weighted by molar-refractivity contribution is -0.143. The predicted molar refractivity (Wildman–Crippen MR) is 244 cm³/mol. The number of ether oxygens (including phenoxy) is 2. The number of carbonyl (C=O) groups is 5. The number of amides is 4. The maximum Gasteiger partial charge on any atom is 0.326 e. The highest BCUT2D eigenvalue weighted by molar-refractivity contribution is 6.34. The summed E-state index contributed by atoms with van der Waals surface area (Å²) in [5.41, 5.74) is 20.4. The van der Waals surface area contributed by atoms with Crippen molar-refractivity contribution in [1.29, 1.82) is 0 Å². The van der Waals surface area contributed by atoms with Crippen molar-refractivity contribution in [2.75, 3.05) is 39.1 Å². The van der Waals surface area contributed by atoms with Gasteiger partial charge in [-0.2, -0.15) is 0 Å². The number of carboxylic acids is 1. The van der Waals surface area contributed by atoms with Gasteiger partial charge in [0.2, 0.25) is 17.7 Å². The molecule has 5 atom stereocenters. The molecule has 0 saturated heterocycles. The monoisotopic (exact) mass is 916 g/mol. The molecule has 0 saturated carbocycles. The number of aromatic hydroxyl groups is 1. The number of benzene rings is 3. The number of fused-ring (bicyclic) bond motifs is 5. The number of anilines is 1. The second-order valence-electron chi connectivity index (χ2n) is 16.9. The van der Waals surface area contributed by atoms with E-state index in [4.69, 9.17) is 38.3 Å². The van der Waals surface area contributed by atoms with Crippen LogP contribution in [0.4, 0.5) is 5.82 Å². The zero-order valence-corrected chi connectivity index (χ0v) is 37.9. The number of phenolic OH excluding ortho intramolecular Hbond substituents is 1. The summed E-state index contributed by atoms with van der Waals surface area (Å²) in [7, 11) is 1.29. The number of rotatable bonds is 14. The van der Waals surface area contributed by atoms with Crippen LogP contribution in [0.2, 0.25) is 5.02 Å². The molecule has 4 amide bonds. The number of hydrogen-bond donors (Lipinski definition) is 9. The number of nitrogens with two attached hydrogens (primary N) is 3. The second kappa shape index (κ2) is 21.0. The molecule has 1 aliphatic rings. The Morgan fingerprint density at radius 3 is 2.29 bits per heavy atom. The summed E-state index contributed by atoms with van der Waals surface area (Å²) in [5, 5.41) is 39.8. The number of aliphatic hydroxyl groups excluding tert-OH is 1. The molecule has 3 aromatic carbocycles. The third-order valence-electron chi connectivity index (χ3n) is 10.8. The number of halogens is 1. The van der Waals surface area contributed by atoms with E-state index in [1.165, 1.54) is 39.1 Å². The minimum atomic E-state index is -1.61. The van der Waals surface area contributed by atoms with Crippen LogP contribution in [-0.4, -0.2) is 112 Å². The Balaban J connectivity index is 1.58. The fourth-order valence-electron chi connectivity index (χ4n) is 7.11. The number of nitrogens with zero attached hydrogens (tertiary/aromatic N) is 2. The Labute approximate surface area is 381 Å². The highest BCUT2D eigenvalue weighted by atomic mass is 35.5. The van der Waals surface area contributed by atoms with Crippen LogP contribution in [0.15, 0.2) is 60.7 Å². The van der Waals surface area contributed by atoms with Crippen LogP contribution >= 0.6 is 11.6 Å². The van der Waals surface area contributed by atoms with E-state index in [2.05, 4.69) is 41.7 Å². The maximum absolute atomic E-state index is 14.5. The van der Waals surface area contributed by atoms with Crippen LogP contribution in [0.5, 0.6) is 17.2 Å². The molecular weight excluding hydrogens is 860 g/mol. The Bertz CT molecular complexity index is 2400. The van der Waals surface area contributed by atoms with E-state index in [1.807, 2.05) is 24.3 Å². The number of likely N-dealkylation sites (N-methyl/N-ethyl adjacent to an activating group) is 1. The normalized spacial score (nSPS) is 17.4. The first-order valence-electron chi connectivity index (χ1n) is 21.0. The average Bonchev–Trinajstić information content (AvgIpc) is 3.25. The van der Waals surface area contributed by atoms with E-state index in [0.717, 1.165) is 10.5 Å². The largest absolute Gasteiger partial charge is 0.504 e. The van der Waals surface area contributed by atoms with Gasteiger partial charge in [-0.15, -0.1) is 0 Å². The van der Waals surface area contributed by atoms with Gasteiger partial charge in [0.15, 0.2) is 11.5 Å². The van der Waals surface area contributed by atoms with Crippen molar-refractivity contribution in [2.24, 2.45) is 11.5 Å². The van der Waals surface area contributed by atoms with Gasteiger partial charge < -0.3 is 62.8 Å². The second-order valence-corrected chi connectivity index (χ2v) is 17.3. The molecule has 0 aliphatic carbocycles. The van der Waals surface area contributed by atoms with Crippen LogP contribution in [-0.2, 0) is 31.0 Å². The first-order chi connectivity index (χ1) is 30.6. The van der Waals surface area contributed by atoms with E-state index in [-0.39, 0.29) is 76.2 Å². The van der Waals surface area contributed by atoms with Gasteiger partial charge >= 0.3 is 5.97 Å². The fraction of sp³-hybridized carbons (Fsp3) is 0.391. The van der Waals surface area contributed by atoms with Crippen LogP contribution in [0.1, 0.15) is 74.1 Å². The Hall–Kier alpha value is -6.47. The van der Waals surface area contributed by atoms with Gasteiger partial charge in [0.05, 0.1) is 17.3 Å². The van der Waals surface area contributed by atoms with Crippen molar-refractivity contribution in [3.63, 3.8) is 0 Å². The number of phenols is 1. The molecule has 18 nitrogen and oxygen atoms in total. The summed E-state index contributed by atoms with van der Waals surface area (Å²) < 4.78 is 11.9. The van der Waals surface area contributed by atoms with Crippen LogP contribution < -0.4 is 42.6 Å². The molecule has 65 heavy (non-hydrogen) atoms. The van der Waals surface area contributed by atoms with Crippen LogP contribution in [0, 0.1) is 0 Å². The number of nitrogens with one attached hydrogen (secondary N) is 3. The van der Waals surface area contributed by atoms with Crippen molar-refractivity contribution in [2.45, 2.75) is 83.1 Å². The van der Waals surface area contributed by atoms with Crippen LogP contribution in [0.3, 0.4) is 0 Å². The van der Waals surface area contributed by atoms with Crippen molar-refractivity contribution in [1.82, 2.24) is 25.8 Å². The quantitative estimate of drug-likeness (QED) is 0.0823. The average molecular weight is 917 g/mol. The smallest absolute Gasteiger partial charge is 0.326 e. The van der Waals surface area contributed by atoms with E-state index < -0.39 is 65.6 Å². The van der Waals surface area contributed by atoms with E-state index in [0.29, 0.717) is 29.8 Å². The molecule has 0 radical (unpaired) electrons. The van der Waals surface area contributed by atoms with E-state index in [1.54, 1.807) is 18.2 Å². The molecule has 348 valence electrons. The highest BCUT2D eigenvalue weighted by Crippen LogP contribution is 2.45. The van der Waals surface area contributed by atoms with E-state index >= 15 is 0 Å². The Morgan fingerprint density at radius 1 is 0.985 bits per heavy atom. The lowest BCUT2D eigenvalue weighted by Crippen LogP contribution is -2.54. The molecule has 0 spiro atoms. The number of pyridine rings is 1. The summed E-state index contributed by atoms with van der Waals surface area (Å²) in [5.74, 6) is -5.37. The first kappa shape index (κ1) is 49.5. The summed E-state index contributed by atoms with van der Waals surface area (Å²) in [6, 6.07) is 10.9. The zero-order valence-electron chi connectivity index (χ0n) is 37.1. The van der Waals surface area contributed by atoms with Crippen molar-refractivity contribution in [3.8, 4) is 39.6 Å². The van der Waals surface area contributed by atoms with Gasteiger partial charge in [-0.05, 0) is 79.3 Å². The molecular formula is C46H57ClN8O10. The number of nitrogen functional groups attached to an aromatic ring is 1. The van der Waals surface area contributed by atoms with Crippen molar-refractivity contribution < 1.29 is 48.8 Å². The molecule has 2 heterocycles. The molecule has 4 aromatic rings. The van der Waals surface area contributed by atoms with Crippen molar-refractivity contribution >= 4 is 47.0 Å². The fourth-order valence-corrected chi connectivity index (χ4v) is 7.40. The summed E-state index contributed by atoms with van der Waals surface area (Å²) in [6.45, 7) is 8.88. The molecule has 12 N–H and O–H groups in total. The molecule has 1 aromatic heterocycles. The predicted octanol–water partition coefficient (Wildman–Crippen LogP) is 3.03. The number of aliphatic carboxylic acids is 1. The van der Waals surface area contributed by atoms with Gasteiger partial charge in [0, 0.05) is 36.7 Å². The molecule has 1 aliphatic heterocycles. The third-order valence-corrected chi connectivity index (χ3v) is 11.1. The number of carbonyl (C=O) groups excluding carboxylic acids is 4. The van der Waals surface area contributed by atoms with Gasteiger partial charge in [-0.3, -0.25) is 19.2 Å². The lowest BCUT2D eigenvalue weighted by Gasteiger charge is -2.32. The minimum absolute atomic E-state index is 0.0277. The number of aromatic nitrogens is 1. The minimum Gasteiger partial charge on any atom is -0.504 e. The zero-order chi connectivity index (χ0) is 47.9.